The summed E-state index contributed by atoms with van der Waals surface area (Å²) in [6.07, 6.45) is 1.45. The molecule has 0 N–H and O–H groups in total. The summed E-state index contributed by atoms with van der Waals surface area (Å²) in [5.74, 6) is 0.625. The van der Waals surface area contributed by atoms with Crippen LogP contribution in [-0.4, -0.2) is 15.0 Å². The van der Waals surface area contributed by atoms with Crippen LogP contribution in [0.15, 0.2) is 24.5 Å². The molecule has 4 heteroatoms. The highest BCUT2D eigenvalue weighted by Gasteiger charge is 2.23. The van der Waals surface area contributed by atoms with Crippen molar-refractivity contribution in [1.82, 2.24) is 15.0 Å². The van der Waals surface area contributed by atoms with E-state index in [0.717, 1.165) is 5.56 Å². The minimum atomic E-state index is -0.00427. The van der Waals surface area contributed by atoms with Crippen molar-refractivity contribution in [1.29, 1.82) is 0 Å². The van der Waals surface area contributed by atoms with Crippen LogP contribution in [0.2, 0.25) is 5.28 Å². The van der Waals surface area contributed by atoms with Crippen molar-refractivity contribution in [3.05, 3.63) is 40.9 Å². The maximum Gasteiger partial charge on any atom is 0.225 e. The summed E-state index contributed by atoms with van der Waals surface area (Å²) in [5.41, 5.74) is 3.64. The second-order valence-corrected chi connectivity index (χ2v) is 7.68. The van der Waals surface area contributed by atoms with E-state index < -0.39 is 0 Å². The van der Waals surface area contributed by atoms with Crippen molar-refractivity contribution in [2.45, 2.75) is 52.4 Å². The van der Waals surface area contributed by atoms with E-state index in [1.807, 2.05) is 0 Å². The molecule has 21 heavy (non-hydrogen) atoms. The number of halogens is 1. The molecule has 1 heterocycles. The van der Waals surface area contributed by atoms with Gasteiger partial charge in [-0.15, -0.1) is 0 Å². The zero-order valence-corrected chi connectivity index (χ0v) is 14.3. The van der Waals surface area contributed by atoms with Crippen molar-refractivity contribution in [2.75, 3.05) is 0 Å². The Kier molecular flexibility index (Phi) is 4.07. The number of hydrogen-bond acceptors (Lipinski definition) is 3. The molecule has 0 bridgehead atoms. The second-order valence-electron chi connectivity index (χ2n) is 7.34. The Balaban J connectivity index is 2.67. The van der Waals surface area contributed by atoms with Crippen LogP contribution in [0, 0.1) is 0 Å². The standard InChI is InChI=1S/C17H22ClN3/c1-16(2,3)11-7-8-12(13(9-11)17(4,5)6)14-19-10-20-15(18)21-14/h7-10H,1-6H3. The molecule has 0 spiro atoms. The molecule has 112 valence electrons. The summed E-state index contributed by atoms with van der Waals surface area (Å²) in [6.45, 7) is 13.2. The van der Waals surface area contributed by atoms with Crippen LogP contribution in [-0.2, 0) is 10.8 Å². The van der Waals surface area contributed by atoms with Crippen molar-refractivity contribution in [3.8, 4) is 11.4 Å². The molecule has 2 rings (SSSR count). The molecule has 1 aromatic heterocycles. The SMILES string of the molecule is CC(C)(C)c1ccc(-c2ncnc(Cl)n2)c(C(C)(C)C)c1. The van der Waals surface area contributed by atoms with Crippen molar-refractivity contribution in [2.24, 2.45) is 0 Å². The first-order valence-corrected chi connectivity index (χ1v) is 7.47. The minimum absolute atomic E-state index is 0.00427. The van der Waals surface area contributed by atoms with Crippen molar-refractivity contribution >= 4 is 11.6 Å². The van der Waals surface area contributed by atoms with E-state index in [2.05, 4.69) is 74.7 Å². The number of nitrogens with zero attached hydrogens (tertiary/aromatic N) is 3. The van der Waals surface area contributed by atoms with Gasteiger partial charge in [0.2, 0.25) is 5.28 Å². The van der Waals surface area contributed by atoms with E-state index in [0.29, 0.717) is 5.82 Å². The molecular formula is C17H22ClN3. The van der Waals surface area contributed by atoms with Crippen LogP contribution < -0.4 is 0 Å². The Morgan fingerprint density at radius 3 is 2.10 bits per heavy atom. The van der Waals surface area contributed by atoms with Gasteiger partial charge in [-0.3, -0.25) is 0 Å². The Labute approximate surface area is 131 Å². The molecule has 2 aromatic rings. The molecule has 3 nitrogen and oxygen atoms in total. The third-order valence-corrected chi connectivity index (χ3v) is 3.66. The van der Waals surface area contributed by atoms with E-state index in [4.69, 9.17) is 11.6 Å². The van der Waals surface area contributed by atoms with E-state index >= 15 is 0 Å². The molecule has 0 aliphatic carbocycles. The van der Waals surface area contributed by atoms with Gasteiger partial charge in [-0.1, -0.05) is 59.7 Å². The van der Waals surface area contributed by atoms with E-state index in [9.17, 15) is 0 Å². The fourth-order valence-corrected chi connectivity index (χ4v) is 2.36. The maximum absolute atomic E-state index is 5.90. The summed E-state index contributed by atoms with van der Waals surface area (Å²) >= 11 is 5.90. The van der Waals surface area contributed by atoms with Crippen LogP contribution >= 0.6 is 11.6 Å². The summed E-state index contributed by atoms with van der Waals surface area (Å²) in [4.78, 5) is 12.4. The van der Waals surface area contributed by atoms with Gasteiger partial charge in [0.25, 0.3) is 0 Å². The predicted molar refractivity (Wildman–Crippen MR) is 87.7 cm³/mol. The Morgan fingerprint density at radius 2 is 1.57 bits per heavy atom. The van der Waals surface area contributed by atoms with Gasteiger partial charge in [0.15, 0.2) is 5.82 Å². The molecule has 0 saturated carbocycles. The lowest BCUT2D eigenvalue weighted by Crippen LogP contribution is -2.17. The highest BCUT2D eigenvalue weighted by atomic mass is 35.5. The van der Waals surface area contributed by atoms with Gasteiger partial charge in [-0.2, -0.15) is 4.98 Å². The fourth-order valence-electron chi connectivity index (χ4n) is 2.23. The lowest BCUT2D eigenvalue weighted by molar-refractivity contribution is 0.569. The predicted octanol–water partition coefficient (Wildman–Crippen LogP) is 4.79. The molecule has 0 aliphatic rings. The first-order valence-electron chi connectivity index (χ1n) is 7.09. The molecule has 1 aromatic carbocycles. The average molecular weight is 304 g/mol. The van der Waals surface area contributed by atoms with Gasteiger partial charge in [0.1, 0.15) is 6.33 Å². The third kappa shape index (κ3) is 3.59. The number of benzene rings is 1. The minimum Gasteiger partial charge on any atom is -0.216 e. The quantitative estimate of drug-likeness (QED) is 0.760. The van der Waals surface area contributed by atoms with Gasteiger partial charge in [-0.05, 0) is 33.6 Å². The molecule has 0 radical (unpaired) electrons. The zero-order valence-electron chi connectivity index (χ0n) is 13.5. The highest BCUT2D eigenvalue weighted by Crippen LogP contribution is 2.35. The molecule has 0 unspecified atom stereocenters. The summed E-state index contributed by atoms with van der Waals surface area (Å²) in [6, 6.07) is 6.49. The van der Waals surface area contributed by atoms with Crippen molar-refractivity contribution < 1.29 is 0 Å². The normalized spacial score (nSPS) is 12.5. The summed E-state index contributed by atoms with van der Waals surface area (Å²) in [7, 11) is 0. The van der Waals surface area contributed by atoms with E-state index in [1.165, 1.54) is 17.5 Å². The van der Waals surface area contributed by atoms with Crippen LogP contribution in [0.3, 0.4) is 0 Å². The fraction of sp³-hybridized carbons (Fsp3) is 0.471. The van der Waals surface area contributed by atoms with Crippen LogP contribution in [0.25, 0.3) is 11.4 Å². The molecule has 0 aliphatic heterocycles. The molecule has 0 saturated heterocycles. The van der Waals surface area contributed by atoms with Crippen molar-refractivity contribution in [3.63, 3.8) is 0 Å². The lowest BCUT2D eigenvalue weighted by atomic mass is 9.78. The molecule has 0 amide bonds. The number of hydrogen-bond donors (Lipinski definition) is 0. The van der Waals surface area contributed by atoms with Gasteiger partial charge >= 0.3 is 0 Å². The largest absolute Gasteiger partial charge is 0.225 e. The monoisotopic (exact) mass is 303 g/mol. The third-order valence-electron chi connectivity index (χ3n) is 3.48. The van der Waals surface area contributed by atoms with Crippen LogP contribution in [0.1, 0.15) is 52.7 Å². The maximum atomic E-state index is 5.90. The van der Waals surface area contributed by atoms with Crippen LogP contribution in [0.4, 0.5) is 0 Å². The van der Waals surface area contributed by atoms with E-state index in [-0.39, 0.29) is 16.1 Å². The average Bonchev–Trinajstić information content (AvgIpc) is 2.36. The number of aromatic nitrogens is 3. The highest BCUT2D eigenvalue weighted by molar-refractivity contribution is 6.28. The first kappa shape index (κ1) is 15.9. The Bertz CT molecular complexity index is 652. The van der Waals surface area contributed by atoms with Gasteiger partial charge in [0, 0.05) is 5.56 Å². The molecular weight excluding hydrogens is 282 g/mol. The Morgan fingerprint density at radius 1 is 0.905 bits per heavy atom. The lowest BCUT2D eigenvalue weighted by Gasteiger charge is -2.27. The summed E-state index contributed by atoms with van der Waals surface area (Å²) < 4.78 is 0. The topological polar surface area (TPSA) is 38.7 Å². The number of rotatable bonds is 1. The van der Waals surface area contributed by atoms with Gasteiger partial charge in [-0.25, -0.2) is 9.97 Å². The molecule has 0 fully saturated rings. The first-order chi connectivity index (χ1) is 9.59. The zero-order chi connectivity index (χ0) is 15.8. The van der Waals surface area contributed by atoms with E-state index in [1.54, 1.807) is 0 Å². The smallest absolute Gasteiger partial charge is 0.216 e. The van der Waals surface area contributed by atoms with Gasteiger partial charge in [0.05, 0.1) is 0 Å². The van der Waals surface area contributed by atoms with Gasteiger partial charge < -0.3 is 0 Å². The second kappa shape index (κ2) is 5.38. The Hall–Kier alpha value is -1.48. The van der Waals surface area contributed by atoms with Crippen LogP contribution in [0.5, 0.6) is 0 Å². The molecule has 0 atom stereocenters. The summed E-state index contributed by atoms with van der Waals surface area (Å²) in [5, 5.41) is 0.222.